The van der Waals surface area contributed by atoms with Gasteiger partial charge in [0, 0.05) is 5.56 Å². The number of benzene rings is 1. The Morgan fingerprint density at radius 2 is 2.00 bits per heavy atom. The van der Waals surface area contributed by atoms with Crippen molar-refractivity contribution in [3.8, 4) is 11.5 Å². The molecule has 6 heteroatoms. The molecule has 1 aromatic carbocycles. The van der Waals surface area contributed by atoms with E-state index in [4.69, 9.17) is 14.2 Å². The van der Waals surface area contributed by atoms with Crippen LogP contribution in [0.4, 0.5) is 8.78 Å². The number of halogens is 2. The van der Waals surface area contributed by atoms with Gasteiger partial charge in [-0.3, -0.25) is 0 Å². The summed E-state index contributed by atoms with van der Waals surface area (Å²) in [7, 11) is 0. The Hall–Kier alpha value is -1.40. The lowest BCUT2D eigenvalue weighted by Gasteiger charge is -2.15. The molecule has 0 radical (unpaired) electrons. The van der Waals surface area contributed by atoms with Gasteiger partial charge in [0.05, 0.1) is 19.8 Å². The summed E-state index contributed by atoms with van der Waals surface area (Å²) in [6.45, 7) is 0.277. The van der Waals surface area contributed by atoms with Gasteiger partial charge >= 0.3 is 6.61 Å². The van der Waals surface area contributed by atoms with Crippen LogP contribution in [0.3, 0.4) is 0 Å². The zero-order chi connectivity index (χ0) is 13.0. The fourth-order valence-corrected chi connectivity index (χ4v) is 1.68. The third kappa shape index (κ3) is 3.08. The van der Waals surface area contributed by atoms with E-state index in [9.17, 15) is 8.78 Å². The second-order valence-corrected chi connectivity index (χ2v) is 3.59. The molecule has 0 unspecified atom stereocenters. The van der Waals surface area contributed by atoms with E-state index < -0.39 is 12.9 Å². The molecule has 18 heavy (non-hydrogen) atoms. The van der Waals surface area contributed by atoms with Crippen LogP contribution in [0.1, 0.15) is 18.8 Å². The van der Waals surface area contributed by atoms with E-state index in [2.05, 4.69) is 4.74 Å². The SMILES string of the molecule is CCOc1cc(C2OCCO2)ccc1OC(F)F. The molecule has 1 saturated heterocycles. The number of alkyl halides is 2. The number of hydrogen-bond donors (Lipinski definition) is 0. The normalized spacial score (nSPS) is 16.2. The second kappa shape index (κ2) is 5.97. The number of rotatable bonds is 5. The van der Waals surface area contributed by atoms with Gasteiger partial charge in [-0.1, -0.05) is 0 Å². The molecule has 2 rings (SSSR count). The van der Waals surface area contributed by atoms with Gasteiger partial charge in [0.15, 0.2) is 17.8 Å². The monoisotopic (exact) mass is 260 g/mol. The molecule has 100 valence electrons. The fraction of sp³-hybridized carbons (Fsp3) is 0.500. The summed E-state index contributed by atoms with van der Waals surface area (Å²) >= 11 is 0. The third-order valence-corrected chi connectivity index (χ3v) is 2.38. The minimum Gasteiger partial charge on any atom is -0.490 e. The highest BCUT2D eigenvalue weighted by Crippen LogP contribution is 2.34. The van der Waals surface area contributed by atoms with Crippen molar-refractivity contribution in [3.05, 3.63) is 23.8 Å². The van der Waals surface area contributed by atoms with Crippen LogP contribution in [0.5, 0.6) is 11.5 Å². The first-order valence-electron chi connectivity index (χ1n) is 5.65. The Kier molecular flexibility index (Phi) is 4.33. The van der Waals surface area contributed by atoms with Crippen molar-refractivity contribution < 1.29 is 27.7 Å². The summed E-state index contributed by atoms with van der Waals surface area (Å²) < 4.78 is 44.7. The zero-order valence-corrected chi connectivity index (χ0v) is 9.90. The first-order chi connectivity index (χ1) is 8.70. The van der Waals surface area contributed by atoms with Gasteiger partial charge in [-0.25, -0.2) is 0 Å². The van der Waals surface area contributed by atoms with Crippen molar-refractivity contribution in [2.24, 2.45) is 0 Å². The summed E-state index contributed by atoms with van der Waals surface area (Å²) in [6, 6.07) is 4.64. The summed E-state index contributed by atoms with van der Waals surface area (Å²) in [5.41, 5.74) is 0.720. The average molecular weight is 260 g/mol. The highest BCUT2D eigenvalue weighted by molar-refractivity contribution is 5.43. The van der Waals surface area contributed by atoms with Crippen LogP contribution in [0.25, 0.3) is 0 Å². The molecule has 0 atom stereocenters. The summed E-state index contributed by atoms with van der Waals surface area (Å²) in [6.07, 6.45) is -0.468. The standard InChI is InChI=1S/C12H14F2O4/c1-2-15-10-7-8(11-16-5-6-17-11)3-4-9(10)18-12(13)14/h3-4,7,11-12H,2,5-6H2,1H3. The maximum atomic E-state index is 12.2. The molecule has 1 aliphatic rings. The van der Waals surface area contributed by atoms with Crippen molar-refractivity contribution in [3.63, 3.8) is 0 Å². The first kappa shape index (κ1) is 13.0. The molecular weight excluding hydrogens is 246 g/mol. The molecule has 1 heterocycles. The zero-order valence-electron chi connectivity index (χ0n) is 9.90. The fourth-order valence-electron chi connectivity index (χ4n) is 1.68. The van der Waals surface area contributed by atoms with Crippen molar-refractivity contribution in [1.82, 2.24) is 0 Å². The highest BCUT2D eigenvalue weighted by atomic mass is 19.3. The Morgan fingerprint density at radius 1 is 1.28 bits per heavy atom. The van der Waals surface area contributed by atoms with Gasteiger partial charge in [-0.2, -0.15) is 8.78 Å². The molecule has 0 N–H and O–H groups in total. The topological polar surface area (TPSA) is 36.9 Å². The predicted octanol–water partition coefficient (Wildman–Crippen LogP) is 2.73. The first-order valence-corrected chi connectivity index (χ1v) is 5.65. The van der Waals surface area contributed by atoms with E-state index in [1.54, 1.807) is 19.1 Å². The molecule has 1 fully saturated rings. The molecule has 0 amide bonds. The minimum absolute atomic E-state index is 0.00796. The molecular formula is C12H14F2O4. The lowest BCUT2D eigenvalue weighted by Crippen LogP contribution is -2.06. The van der Waals surface area contributed by atoms with Crippen LogP contribution < -0.4 is 9.47 Å². The van der Waals surface area contributed by atoms with E-state index in [1.165, 1.54) is 6.07 Å². The maximum Gasteiger partial charge on any atom is 0.387 e. The van der Waals surface area contributed by atoms with E-state index >= 15 is 0 Å². The van der Waals surface area contributed by atoms with Gasteiger partial charge in [0.1, 0.15) is 0 Å². The minimum atomic E-state index is -2.88. The Morgan fingerprint density at radius 3 is 2.61 bits per heavy atom. The molecule has 0 bridgehead atoms. The smallest absolute Gasteiger partial charge is 0.387 e. The molecule has 0 saturated carbocycles. The van der Waals surface area contributed by atoms with E-state index in [0.717, 1.165) is 5.56 Å². The van der Waals surface area contributed by atoms with Crippen molar-refractivity contribution >= 4 is 0 Å². The van der Waals surface area contributed by atoms with Crippen LogP contribution in [-0.4, -0.2) is 26.4 Å². The van der Waals surface area contributed by atoms with Crippen LogP contribution in [-0.2, 0) is 9.47 Å². The van der Waals surface area contributed by atoms with E-state index in [0.29, 0.717) is 19.8 Å². The van der Waals surface area contributed by atoms with E-state index in [1.807, 2.05) is 0 Å². The van der Waals surface area contributed by atoms with Crippen molar-refractivity contribution in [2.75, 3.05) is 19.8 Å². The lowest BCUT2D eigenvalue weighted by molar-refractivity contribution is -0.0522. The summed E-state index contributed by atoms with van der Waals surface area (Å²) in [5, 5.41) is 0. The largest absolute Gasteiger partial charge is 0.490 e. The molecule has 4 nitrogen and oxygen atoms in total. The van der Waals surface area contributed by atoms with E-state index in [-0.39, 0.29) is 11.5 Å². The second-order valence-electron chi connectivity index (χ2n) is 3.59. The van der Waals surface area contributed by atoms with Crippen LogP contribution in [0, 0.1) is 0 Å². The van der Waals surface area contributed by atoms with Gasteiger partial charge < -0.3 is 18.9 Å². The maximum absolute atomic E-state index is 12.2. The molecule has 0 spiro atoms. The molecule has 1 aromatic rings. The van der Waals surface area contributed by atoms with Crippen LogP contribution in [0.15, 0.2) is 18.2 Å². The molecule has 0 aliphatic carbocycles. The molecule has 1 aliphatic heterocycles. The summed E-state index contributed by atoms with van der Waals surface area (Å²) in [4.78, 5) is 0. The quantitative estimate of drug-likeness (QED) is 0.815. The number of hydrogen-bond acceptors (Lipinski definition) is 4. The van der Waals surface area contributed by atoms with Gasteiger partial charge in [-0.05, 0) is 25.1 Å². The number of ether oxygens (including phenoxy) is 4. The van der Waals surface area contributed by atoms with Crippen molar-refractivity contribution in [2.45, 2.75) is 19.8 Å². The van der Waals surface area contributed by atoms with Crippen LogP contribution >= 0.6 is 0 Å². The molecule has 0 aromatic heterocycles. The van der Waals surface area contributed by atoms with Gasteiger partial charge in [0.2, 0.25) is 0 Å². The Bertz CT molecular complexity index is 392. The lowest BCUT2D eigenvalue weighted by atomic mass is 10.2. The predicted molar refractivity (Wildman–Crippen MR) is 58.9 cm³/mol. The van der Waals surface area contributed by atoms with Gasteiger partial charge in [0.25, 0.3) is 0 Å². The van der Waals surface area contributed by atoms with Crippen LogP contribution in [0.2, 0.25) is 0 Å². The Labute approximate surface area is 103 Å². The highest BCUT2D eigenvalue weighted by Gasteiger charge is 2.20. The van der Waals surface area contributed by atoms with Gasteiger partial charge in [-0.15, -0.1) is 0 Å². The third-order valence-electron chi connectivity index (χ3n) is 2.38. The summed E-state index contributed by atoms with van der Waals surface area (Å²) in [5.74, 6) is 0.267. The Balaban J connectivity index is 2.21. The van der Waals surface area contributed by atoms with Crippen molar-refractivity contribution in [1.29, 1.82) is 0 Å². The average Bonchev–Trinajstić information content (AvgIpc) is 2.84.